The molecule has 1 aliphatic rings. The topological polar surface area (TPSA) is 28.2 Å². The van der Waals surface area contributed by atoms with Crippen molar-refractivity contribution in [2.75, 3.05) is 23.8 Å². The molecule has 1 aliphatic carbocycles. The first-order valence-corrected chi connectivity index (χ1v) is 6.74. The Kier molecular flexibility index (Phi) is 4.24. The molecule has 3 heteroatoms. The quantitative estimate of drug-likeness (QED) is 0.865. The lowest BCUT2D eigenvalue weighted by Crippen LogP contribution is -2.33. The first kappa shape index (κ1) is 12.2. The highest BCUT2D eigenvalue weighted by Crippen LogP contribution is 2.25. The van der Waals surface area contributed by atoms with Crippen LogP contribution in [0.15, 0.2) is 18.3 Å². The monoisotopic (exact) mass is 233 g/mol. The van der Waals surface area contributed by atoms with E-state index >= 15 is 0 Å². The Bertz CT molecular complexity index is 328. The zero-order chi connectivity index (χ0) is 12.1. The first-order chi connectivity index (χ1) is 8.31. The van der Waals surface area contributed by atoms with Gasteiger partial charge in [0.2, 0.25) is 0 Å². The molecule has 1 fully saturated rings. The maximum atomic E-state index is 4.54. The molecule has 1 N–H and O–H groups in total. The van der Waals surface area contributed by atoms with Gasteiger partial charge in [-0.05, 0) is 31.9 Å². The van der Waals surface area contributed by atoms with Crippen molar-refractivity contribution in [1.82, 2.24) is 4.98 Å². The molecule has 0 amide bonds. The standard InChI is InChI=1S/C14H23N3/c1-3-15-12-9-10-14(16-11-12)17(2)13-7-5-4-6-8-13/h9-11,13,15H,3-8H2,1-2H3. The number of rotatable bonds is 4. The van der Waals surface area contributed by atoms with Gasteiger partial charge < -0.3 is 10.2 Å². The van der Waals surface area contributed by atoms with Crippen molar-refractivity contribution in [3.8, 4) is 0 Å². The second-order valence-electron chi connectivity index (χ2n) is 4.84. The van der Waals surface area contributed by atoms with Gasteiger partial charge in [-0.25, -0.2) is 4.98 Å². The number of nitrogens with one attached hydrogen (secondary N) is 1. The predicted octanol–water partition coefficient (Wildman–Crippen LogP) is 3.28. The summed E-state index contributed by atoms with van der Waals surface area (Å²) in [5.74, 6) is 1.10. The van der Waals surface area contributed by atoms with Gasteiger partial charge in [0.25, 0.3) is 0 Å². The fraction of sp³-hybridized carbons (Fsp3) is 0.643. The molecule has 0 radical (unpaired) electrons. The fourth-order valence-corrected chi connectivity index (χ4v) is 2.56. The van der Waals surface area contributed by atoms with Gasteiger partial charge in [0.1, 0.15) is 5.82 Å². The van der Waals surface area contributed by atoms with Crippen LogP contribution in [-0.2, 0) is 0 Å². The van der Waals surface area contributed by atoms with Crippen LogP contribution in [0.2, 0.25) is 0 Å². The van der Waals surface area contributed by atoms with Crippen LogP contribution in [0, 0.1) is 0 Å². The van der Waals surface area contributed by atoms with E-state index in [1.165, 1.54) is 32.1 Å². The number of aromatic nitrogens is 1. The number of anilines is 2. The van der Waals surface area contributed by atoms with Crippen molar-refractivity contribution in [3.05, 3.63) is 18.3 Å². The summed E-state index contributed by atoms with van der Waals surface area (Å²) in [5.41, 5.74) is 1.10. The van der Waals surface area contributed by atoms with E-state index in [0.29, 0.717) is 6.04 Å². The minimum Gasteiger partial charge on any atom is -0.384 e. The molecule has 1 aromatic rings. The molecule has 0 unspecified atom stereocenters. The number of hydrogen-bond donors (Lipinski definition) is 1. The van der Waals surface area contributed by atoms with Crippen molar-refractivity contribution in [2.24, 2.45) is 0 Å². The minimum atomic E-state index is 0.682. The third kappa shape index (κ3) is 3.11. The minimum absolute atomic E-state index is 0.682. The van der Waals surface area contributed by atoms with Gasteiger partial charge in [-0.2, -0.15) is 0 Å². The third-order valence-corrected chi connectivity index (χ3v) is 3.61. The molecule has 0 aromatic carbocycles. The SMILES string of the molecule is CCNc1ccc(N(C)C2CCCCC2)nc1. The Hall–Kier alpha value is -1.25. The summed E-state index contributed by atoms with van der Waals surface area (Å²) in [4.78, 5) is 6.88. The van der Waals surface area contributed by atoms with Crippen LogP contribution in [0.25, 0.3) is 0 Å². The summed E-state index contributed by atoms with van der Waals surface area (Å²) in [6.07, 6.45) is 8.69. The van der Waals surface area contributed by atoms with Gasteiger partial charge in [-0.15, -0.1) is 0 Å². The van der Waals surface area contributed by atoms with Crippen LogP contribution in [0.5, 0.6) is 0 Å². The summed E-state index contributed by atoms with van der Waals surface area (Å²) in [7, 11) is 2.17. The highest BCUT2D eigenvalue weighted by atomic mass is 15.2. The highest BCUT2D eigenvalue weighted by Gasteiger charge is 2.18. The molecule has 2 rings (SSSR count). The Balaban J connectivity index is 2.00. The van der Waals surface area contributed by atoms with Gasteiger partial charge in [0.05, 0.1) is 11.9 Å². The second-order valence-corrected chi connectivity index (χ2v) is 4.84. The maximum Gasteiger partial charge on any atom is 0.128 e. The van der Waals surface area contributed by atoms with Crippen LogP contribution in [-0.4, -0.2) is 24.6 Å². The molecular formula is C14H23N3. The molecule has 0 bridgehead atoms. The van der Waals surface area contributed by atoms with Gasteiger partial charge in [-0.3, -0.25) is 0 Å². The number of pyridine rings is 1. The molecule has 0 spiro atoms. The Morgan fingerprint density at radius 1 is 1.29 bits per heavy atom. The third-order valence-electron chi connectivity index (χ3n) is 3.61. The maximum absolute atomic E-state index is 4.54. The molecule has 0 saturated heterocycles. The van der Waals surface area contributed by atoms with E-state index in [0.717, 1.165) is 18.1 Å². The molecule has 94 valence electrons. The summed E-state index contributed by atoms with van der Waals surface area (Å²) >= 11 is 0. The van der Waals surface area contributed by atoms with Crippen LogP contribution in [0.3, 0.4) is 0 Å². The van der Waals surface area contributed by atoms with Crippen LogP contribution < -0.4 is 10.2 Å². The van der Waals surface area contributed by atoms with E-state index in [2.05, 4.69) is 41.3 Å². The smallest absolute Gasteiger partial charge is 0.128 e. The van der Waals surface area contributed by atoms with Crippen molar-refractivity contribution < 1.29 is 0 Å². The van der Waals surface area contributed by atoms with Gasteiger partial charge in [0, 0.05) is 19.6 Å². The zero-order valence-electron chi connectivity index (χ0n) is 10.9. The average Bonchev–Trinajstić information content (AvgIpc) is 2.40. The van der Waals surface area contributed by atoms with Crippen molar-refractivity contribution in [1.29, 1.82) is 0 Å². The van der Waals surface area contributed by atoms with Crippen LogP contribution in [0.1, 0.15) is 39.0 Å². The van der Waals surface area contributed by atoms with Gasteiger partial charge >= 0.3 is 0 Å². The van der Waals surface area contributed by atoms with Gasteiger partial charge in [-0.1, -0.05) is 19.3 Å². The molecule has 1 aromatic heterocycles. The molecule has 0 aliphatic heterocycles. The molecule has 17 heavy (non-hydrogen) atoms. The van der Waals surface area contributed by atoms with E-state index < -0.39 is 0 Å². The summed E-state index contributed by atoms with van der Waals surface area (Å²) in [5, 5.41) is 3.27. The van der Waals surface area contributed by atoms with Gasteiger partial charge in [0.15, 0.2) is 0 Å². The largest absolute Gasteiger partial charge is 0.384 e. The van der Waals surface area contributed by atoms with Crippen molar-refractivity contribution >= 4 is 11.5 Å². The second kappa shape index (κ2) is 5.89. The Morgan fingerprint density at radius 2 is 2.06 bits per heavy atom. The first-order valence-electron chi connectivity index (χ1n) is 6.74. The normalized spacial score (nSPS) is 16.8. The molecule has 0 atom stereocenters. The molecule has 1 heterocycles. The van der Waals surface area contributed by atoms with Crippen LogP contribution in [0.4, 0.5) is 11.5 Å². The van der Waals surface area contributed by atoms with Crippen molar-refractivity contribution in [3.63, 3.8) is 0 Å². The highest BCUT2D eigenvalue weighted by molar-refractivity contribution is 5.48. The number of nitrogens with zero attached hydrogens (tertiary/aromatic N) is 2. The van der Waals surface area contributed by atoms with E-state index in [4.69, 9.17) is 0 Å². The fourth-order valence-electron chi connectivity index (χ4n) is 2.56. The lowest BCUT2D eigenvalue weighted by Gasteiger charge is -2.32. The van der Waals surface area contributed by atoms with Crippen LogP contribution >= 0.6 is 0 Å². The Labute approximate surface area is 104 Å². The molecule has 3 nitrogen and oxygen atoms in total. The van der Waals surface area contributed by atoms with Crippen molar-refractivity contribution in [2.45, 2.75) is 45.1 Å². The Morgan fingerprint density at radius 3 is 2.65 bits per heavy atom. The number of hydrogen-bond acceptors (Lipinski definition) is 3. The summed E-state index contributed by atoms with van der Waals surface area (Å²) in [6.45, 7) is 3.04. The molecule has 1 saturated carbocycles. The van der Waals surface area contributed by atoms with E-state index in [-0.39, 0.29) is 0 Å². The average molecular weight is 233 g/mol. The van der Waals surface area contributed by atoms with E-state index in [9.17, 15) is 0 Å². The zero-order valence-corrected chi connectivity index (χ0v) is 10.9. The summed E-state index contributed by atoms with van der Waals surface area (Å²) in [6, 6.07) is 4.92. The lowest BCUT2D eigenvalue weighted by atomic mass is 9.94. The molecular weight excluding hydrogens is 210 g/mol. The van der Waals surface area contributed by atoms with E-state index in [1.807, 2.05) is 6.20 Å². The lowest BCUT2D eigenvalue weighted by molar-refractivity contribution is 0.426. The van der Waals surface area contributed by atoms with E-state index in [1.54, 1.807) is 0 Å². The summed E-state index contributed by atoms with van der Waals surface area (Å²) < 4.78 is 0. The predicted molar refractivity (Wildman–Crippen MR) is 73.7 cm³/mol.